The van der Waals surface area contributed by atoms with Crippen LogP contribution in [-0.2, 0) is 4.79 Å². The molecule has 0 aliphatic carbocycles. The van der Waals surface area contributed by atoms with Gasteiger partial charge in [0.2, 0.25) is 5.91 Å². The van der Waals surface area contributed by atoms with Crippen LogP contribution in [0.1, 0.15) is 18.4 Å². The molecule has 1 heterocycles. The van der Waals surface area contributed by atoms with Gasteiger partial charge in [-0.15, -0.1) is 0 Å². The molecule has 0 radical (unpaired) electrons. The van der Waals surface area contributed by atoms with Crippen LogP contribution < -0.4 is 5.32 Å². The molecule has 1 aliphatic heterocycles. The Morgan fingerprint density at radius 1 is 1.28 bits per heavy atom. The predicted octanol–water partition coefficient (Wildman–Crippen LogP) is 3.55. The second kappa shape index (κ2) is 6.06. The molecule has 0 unspecified atom stereocenters. The third-order valence-corrected chi connectivity index (χ3v) is 4.31. The second-order valence-electron chi connectivity index (χ2n) is 4.55. The van der Waals surface area contributed by atoms with Crippen molar-refractivity contribution in [2.45, 2.75) is 19.8 Å². The highest BCUT2D eigenvalue weighted by Crippen LogP contribution is 2.32. The van der Waals surface area contributed by atoms with Gasteiger partial charge in [0.1, 0.15) is 0 Å². The van der Waals surface area contributed by atoms with Crippen LogP contribution >= 0.6 is 31.9 Å². The number of nitrogens with zero attached hydrogens (tertiary/aromatic N) is 1. The maximum atomic E-state index is 11.9. The van der Waals surface area contributed by atoms with E-state index in [9.17, 15) is 4.79 Å². The van der Waals surface area contributed by atoms with Crippen LogP contribution in [0.2, 0.25) is 0 Å². The summed E-state index contributed by atoms with van der Waals surface area (Å²) in [5.41, 5.74) is 2.11. The van der Waals surface area contributed by atoms with E-state index in [1.165, 1.54) is 5.56 Å². The third kappa shape index (κ3) is 3.26. The monoisotopic (exact) mass is 374 g/mol. The van der Waals surface area contributed by atoms with E-state index < -0.39 is 0 Å². The predicted molar refractivity (Wildman–Crippen MR) is 80.9 cm³/mol. The Bertz CT molecular complexity index is 433. The lowest BCUT2D eigenvalue weighted by Crippen LogP contribution is -2.33. The molecule has 2 rings (SSSR count). The van der Waals surface area contributed by atoms with Crippen LogP contribution in [0.5, 0.6) is 0 Å². The Morgan fingerprint density at radius 3 is 2.39 bits per heavy atom. The number of halogens is 2. The molecule has 1 aliphatic rings. The maximum Gasteiger partial charge on any atom is 0.241 e. The summed E-state index contributed by atoms with van der Waals surface area (Å²) in [6.07, 6.45) is 2.26. The van der Waals surface area contributed by atoms with Crippen molar-refractivity contribution in [2.24, 2.45) is 0 Å². The zero-order valence-electron chi connectivity index (χ0n) is 10.3. The van der Waals surface area contributed by atoms with E-state index in [0.29, 0.717) is 6.54 Å². The standard InChI is InChI=1S/C13H16Br2N2O/c1-9-6-10(14)13(11(15)7-9)16-8-12(18)17-4-2-3-5-17/h6-7,16H,2-5,8H2,1H3. The fraction of sp³-hybridized carbons (Fsp3) is 0.462. The number of likely N-dealkylation sites (tertiary alicyclic amines) is 1. The van der Waals surface area contributed by atoms with Gasteiger partial charge in [0.25, 0.3) is 0 Å². The first-order valence-corrected chi connectivity index (χ1v) is 7.64. The molecule has 1 aromatic rings. The Hall–Kier alpha value is -0.550. The van der Waals surface area contributed by atoms with E-state index in [1.807, 2.05) is 24.0 Å². The Balaban J connectivity index is 1.99. The molecule has 0 bridgehead atoms. The molecule has 0 saturated carbocycles. The molecule has 1 aromatic carbocycles. The van der Waals surface area contributed by atoms with E-state index >= 15 is 0 Å². The fourth-order valence-corrected chi connectivity index (χ4v) is 3.81. The quantitative estimate of drug-likeness (QED) is 0.875. The number of rotatable bonds is 3. The number of aryl methyl sites for hydroxylation is 1. The van der Waals surface area contributed by atoms with E-state index in [4.69, 9.17) is 0 Å². The van der Waals surface area contributed by atoms with Gasteiger partial charge in [-0.05, 0) is 69.3 Å². The highest BCUT2D eigenvalue weighted by Gasteiger charge is 2.18. The van der Waals surface area contributed by atoms with Crippen LogP contribution in [0, 0.1) is 6.92 Å². The van der Waals surface area contributed by atoms with E-state index in [0.717, 1.165) is 40.6 Å². The Kier molecular flexibility index (Phi) is 4.67. The number of nitrogens with one attached hydrogen (secondary N) is 1. The van der Waals surface area contributed by atoms with Crippen molar-refractivity contribution in [3.05, 3.63) is 26.6 Å². The molecule has 1 fully saturated rings. The number of anilines is 1. The van der Waals surface area contributed by atoms with Crippen LogP contribution in [0.4, 0.5) is 5.69 Å². The lowest BCUT2D eigenvalue weighted by molar-refractivity contribution is -0.128. The Morgan fingerprint density at radius 2 is 1.83 bits per heavy atom. The van der Waals surface area contributed by atoms with Crippen molar-refractivity contribution in [2.75, 3.05) is 25.0 Å². The summed E-state index contributed by atoms with van der Waals surface area (Å²) in [6, 6.07) is 4.07. The summed E-state index contributed by atoms with van der Waals surface area (Å²) >= 11 is 7.03. The fourth-order valence-electron chi connectivity index (χ4n) is 2.11. The third-order valence-electron chi connectivity index (χ3n) is 3.06. The molecule has 0 atom stereocenters. The van der Waals surface area contributed by atoms with Gasteiger partial charge in [0.05, 0.1) is 12.2 Å². The number of carbonyl (C=O) groups excluding carboxylic acids is 1. The van der Waals surface area contributed by atoms with E-state index in [2.05, 4.69) is 37.2 Å². The van der Waals surface area contributed by atoms with Crippen LogP contribution in [0.3, 0.4) is 0 Å². The zero-order chi connectivity index (χ0) is 13.1. The van der Waals surface area contributed by atoms with Crippen molar-refractivity contribution in [1.29, 1.82) is 0 Å². The van der Waals surface area contributed by atoms with Crippen molar-refractivity contribution in [3.8, 4) is 0 Å². The van der Waals surface area contributed by atoms with Crippen molar-refractivity contribution >= 4 is 43.5 Å². The first kappa shape index (κ1) is 13.9. The molecule has 5 heteroatoms. The van der Waals surface area contributed by atoms with Gasteiger partial charge in [-0.2, -0.15) is 0 Å². The average Bonchev–Trinajstić information content (AvgIpc) is 2.80. The number of hydrogen-bond donors (Lipinski definition) is 1. The summed E-state index contributed by atoms with van der Waals surface area (Å²) < 4.78 is 1.95. The number of amides is 1. The minimum atomic E-state index is 0.173. The van der Waals surface area contributed by atoms with Crippen molar-refractivity contribution in [3.63, 3.8) is 0 Å². The van der Waals surface area contributed by atoms with Crippen molar-refractivity contribution in [1.82, 2.24) is 4.90 Å². The molecule has 0 spiro atoms. The van der Waals surface area contributed by atoms with E-state index in [1.54, 1.807) is 0 Å². The van der Waals surface area contributed by atoms with Gasteiger partial charge < -0.3 is 10.2 Å². The normalized spacial score (nSPS) is 14.9. The highest BCUT2D eigenvalue weighted by atomic mass is 79.9. The lowest BCUT2D eigenvalue weighted by atomic mass is 10.2. The average molecular weight is 376 g/mol. The number of hydrogen-bond acceptors (Lipinski definition) is 2. The maximum absolute atomic E-state index is 11.9. The Labute approximate surface area is 124 Å². The van der Waals surface area contributed by atoms with Crippen LogP contribution in [-0.4, -0.2) is 30.4 Å². The SMILES string of the molecule is Cc1cc(Br)c(NCC(=O)N2CCCC2)c(Br)c1. The van der Waals surface area contributed by atoms with Gasteiger partial charge in [0, 0.05) is 22.0 Å². The van der Waals surface area contributed by atoms with Crippen LogP contribution in [0.15, 0.2) is 21.1 Å². The molecular weight excluding hydrogens is 360 g/mol. The lowest BCUT2D eigenvalue weighted by Gasteiger charge is -2.17. The van der Waals surface area contributed by atoms with Gasteiger partial charge in [-0.1, -0.05) is 0 Å². The van der Waals surface area contributed by atoms with E-state index in [-0.39, 0.29) is 5.91 Å². The topological polar surface area (TPSA) is 32.3 Å². The van der Waals surface area contributed by atoms with Gasteiger partial charge >= 0.3 is 0 Å². The molecule has 0 aromatic heterocycles. The molecule has 18 heavy (non-hydrogen) atoms. The summed E-state index contributed by atoms with van der Waals surface area (Å²) in [5, 5.41) is 3.20. The van der Waals surface area contributed by atoms with Crippen molar-refractivity contribution < 1.29 is 4.79 Å². The van der Waals surface area contributed by atoms with Gasteiger partial charge in [-0.3, -0.25) is 4.79 Å². The first-order chi connectivity index (χ1) is 8.58. The number of benzene rings is 1. The first-order valence-electron chi connectivity index (χ1n) is 6.05. The summed E-state index contributed by atoms with van der Waals surface area (Å²) in [6.45, 7) is 4.18. The largest absolute Gasteiger partial charge is 0.374 e. The van der Waals surface area contributed by atoms with Crippen LogP contribution in [0.25, 0.3) is 0 Å². The van der Waals surface area contributed by atoms with Gasteiger partial charge in [-0.25, -0.2) is 0 Å². The summed E-state index contributed by atoms with van der Waals surface area (Å²) in [5.74, 6) is 0.173. The second-order valence-corrected chi connectivity index (χ2v) is 6.25. The minimum absolute atomic E-state index is 0.173. The minimum Gasteiger partial charge on any atom is -0.374 e. The zero-order valence-corrected chi connectivity index (χ0v) is 13.5. The molecule has 1 saturated heterocycles. The smallest absolute Gasteiger partial charge is 0.241 e. The molecule has 98 valence electrons. The molecule has 3 nitrogen and oxygen atoms in total. The summed E-state index contributed by atoms with van der Waals surface area (Å²) in [7, 11) is 0. The molecular formula is C13H16Br2N2O. The van der Waals surface area contributed by atoms with Gasteiger partial charge in [0.15, 0.2) is 0 Å². The summed E-state index contributed by atoms with van der Waals surface area (Å²) in [4.78, 5) is 13.9. The number of carbonyl (C=O) groups is 1. The highest BCUT2D eigenvalue weighted by molar-refractivity contribution is 9.11. The molecule has 1 N–H and O–H groups in total. The molecule has 1 amide bonds.